The summed E-state index contributed by atoms with van der Waals surface area (Å²) < 4.78 is 1.19. The van der Waals surface area contributed by atoms with E-state index in [9.17, 15) is 4.79 Å². The van der Waals surface area contributed by atoms with E-state index in [0.29, 0.717) is 12.3 Å². The van der Waals surface area contributed by atoms with E-state index >= 15 is 0 Å². The van der Waals surface area contributed by atoms with Gasteiger partial charge in [-0.1, -0.05) is 32.4 Å². The van der Waals surface area contributed by atoms with Gasteiger partial charge in [0.15, 0.2) is 0 Å². The van der Waals surface area contributed by atoms with Crippen molar-refractivity contribution >= 4 is 39.1 Å². The number of nitrogens with zero attached hydrogens (tertiary/aromatic N) is 2. The summed E-state index contributed by atoms with van der Waals surface area (Å²) in [6, 6.07) is 5.89. The van der Waals surface area contributed by atoms with Gasteiger partial charge in [0.2, 0.25) is 5.91 Å². The summed E-state index contributed by atoms with van der Waals surface area (Å²) >= 11 is 7.80. The van der Waals surface area contributed by atoms with Crippen LogP contribution in [0.5, 0.6) is 0 Å². The third-order valence-electron chi connectivity index (χ3n) is 4.24. The van der Waals surface area contributed by atoms with Gasteiger partial charge in [-0.25, -0.2) is 4.98 Å². The predicted molar refractivity (Wildman–Crippen MR) is 97.3 cm³/mol. The zero-order valence-electron chi connectivity index (χ0n) is 13.9. The molecule has 1 saturated heterocycles. The Hall–Kier alpha value is -1.13. The Bertz CT molecular complexity index is 711. The van der Waals surface area contributed by atoms with E-state index in [0.717, 1.165) is 36.5 Å². The minimum Gasteiger partial charge on any atom is -0.343 e. The number of thiazole rings is 1. The Kier molecular flexibility index (Phi) is 4.65. The molecule has 0 N–H and O–H groups in total. The van der Waals surface area contributed by atoms with Crippen molar-refractivity contribution < 1.29 is 4.79 Å². The van der Waals surface area contributed by atoms with Gasteiger partial charge in [0.1, 0.15) is 0 Å². The molecule has 3 rings (SSSR count). The smallest absolute Gasteiger partial charge is 0.223 e. The van der Waals surface area contributed by atoms with Crippen molar-refractivity contribution in [2.24, 2.45) is 5.41 Å². The van der Waals surface area contributed by atoms with Crippen LogP contribution in [0.2, 0.25) is 5.02 Å². The number of hydrogen-bond acceptors (Lipinski definition) is 3. The monoisotopic (exact) mass is 350 g/mol. The maximum Gasteiger partial charge on any atom is 0.223 e. The van der Waals surface area contributed by atoms with Crippen LogP contribution in [0, 0.1) is 5.41 Å². The van der Waals surface area contributed by atoms with Crippen molar-refractivity contribution in [3.8, 4) is 0 Å². The highest BCUT2D eigenvalue weighted by Crippen LogP contribution is 2.35. The first-order chi connectivity index (χ1) is 10.8. The summed E-state index contributed by atoms with van der Waals surface area (Å²) in [5, 5.41) is 1.92. The Balaban J connectivity index is 1.65. The molecule has 1 fully saturated rings. The molecule has 124 valence electrons. The van der Waals surface area contributed by atoms with Crippen molar-refractivity contribution in [3.05, 3.63) is 28.2 Å². The maximum atomic E-state index is 12.3. The number of carbonyl (C=O) groups excluding carboxylic acids is 1. The second-order valence-corrected chi connectivity index (χ2v) is 9.06. The molecule has 0 saturated carbocycles. The quantitative estimate of drug-likeness (QED) is 0.755. The van der Waals surface area contributed by atoms with Crippen LogP contribution in [-0.2, 0) is 4.79 Å². The van der Waals surface area contributed by atoms with Crippen molar-refractivity contribution in [2.45, 2.75) is 46.0 Å². The molecule has 0 unspecified atom stereocenters. The number of benzene rings is 1. The van der Waals surface area contributed by atoms with Gasteiger partial charge >= 0.3 is 0 Å². The number of carbonyl (C=O) groups is 1. The van der Waals surface area contributed by atoms with E-state index in [1.54, 1.807) is 11.3 Å². The summed E-state index contributed by atoms with van der Waals surface area (Å²) in [5.74, 6) is 0.747. The Morgan fingerprint density at radius 1 is 1.35 bits per heavy atom. The van der Waals surface area contributed by atoms with Crippen molar-refractivity contribution in [1.29, 1.82) is 0 Å². The third kappa shape index (κ3) is 4.04. The van der Waals surface area contributed by atoms with Gasteiger partial charge in [0, 0.05) is 30.5 Å². The van der Waals surface area contributed by atoms with Gasteiger partial charge in [-0.15, -0.1) is 11.3 Å². The molecule has 0 radical (unpaired) electrons. The van der Waals surface area contributed by atoms with Crippen LogP contribution >= 0.6 is 22.9 Å². The first-order valence-corrected chi connectivity index (χ1v) is 9.35. The number of rotatable bonds is 2. The normalized spacial score (nSPS) is 17.0. The molecule has 0 aliphatic carbocycles. The summed E-state index contributed by atoms with van der Waals surface area (Å²) in [4.78, 5) is 19.1. The molecule has 1 aliphatic rings. The molecule has 23 heavy (non-hydrogen) atoms. The fourth-order valence-electron chi connectivity index (χ4n) is 3.03. The number of likely N-dealkylation sites (tertiary alicyclic amines) is 1. The first-order valence-electron chi connectivity index (χ1n) is 8.15. The van der Waals surface area contributed by atoms with E-state index in [2.05, 4.69) is 20.8 Å². The second-order valence-electron chi connectivity index (χ2n) is 7.56. The summed E-state index contributed by atoms with van der Waals surface area (Å²) in [5.41, 5.74) is 1.05. The van der Waals surface area contributed by atoms with Crippen molar-refractivity contribution in [3.63, 3.8) is 0 Å². The number of piperidine rings is 1. The Morgan fingerprint density at radius 3 is 2.70 bits per heavy atom. The average molecular weight is 351 g/mol. The second kappa shape index (κ2) is 6.40. The van der Waals surface area contributed by atoms with E-state index < -0.39 is 0 Å². The predicted octanol–water partition coefficient (Wildman–Crippen LogP) is 5.09. The third-order valence-corrected chi connectivity index (χ3v) is 5.68. The summed E-state index contributed by atoms with van der Waals surface area (Å²) in [7, 11) is 0. The fraction of sp³-hybridized carbons (Fsp3) is 0.556. The van der Waals surface area contributed by atoms with Gasteiger partial charge in [-0.3, -0.25) is 4.79 Å². The molecule has 1 amide bonds. The van der Waals surface area contributed by atoms with Crippen LogP contribution in [0.25, 0.3) is 10.2 Å². The van der Waals surface area contributed by atoms with Crippen LogP contribution in [0.15, 0.2) is 18.2 Å². The zero-order chi connectivity index (χ0) is 16.6. The van der Waals surface area contributed by atoms with E-state index in [4.69, 9.17) is 16.6 Å². The molecule has 1 aromatic heterocycles. The fourth-order valence-corrected chi connectivity index (χ4v) is 4.32. The SMILES string of the molecule is CC(C)(C)CC(=O)N1CCC(c2nc3cc(Cl)ccc3s2)CC1. The number of hydrogen-bond donors (Lipinski definition) is 0. The van der Waals surface area contributed by atoms with Gasteiger partial charge in [0.05, 0.1) is 15.2 Å². The molecule has 1 aliphatic heterocycles. The van der Waals surface area contributed by atoms with Gasteiger partial charge in [0.25, 0.3) is 0 Å². The van der Waals surface area contributed by atoms with Crippen LogP contribution in [0.1, 0.15) is 51.0 Å². The van der Waals surface area contributed by atoms with Gasteiger partial charge in [-0.05, 0) is 36.5 Å². The van der Waals surface area contributed by atoms with Crippen molar-refractivity contribution in [2.75, 3.05) is 13.1 Å². The Labute approximate surface area is 146 Å². The molecule has 3 nitrogen and oxygen atoms in total. The lowest BCUT2D eigenvalue weighted by Crippen LogP contribution is -2.39. The largest absolute Gasteiger partial charge is 0.343 e. The summed E-state index contributed by atoms with van der Waals surface area (Å²) in [6.07, 6.45) is 2.63. The molecule has 0 spiro atoms. The average Bonchev–Trinajstić information content (AvgIpc) is 2.88. The topological polar surface area (TPSA) is 33.2 Å². The molecule has 1 aromatic carbocycles. The van der Waals surface area contributed by atoms with Gasteiger partial charge in [-0.2, -0.15) is 0 Å². The summed E-state index contributed by atoms with van der Waals surface area (Å²) in [6.45, 7) is 8.03. The zero-order valence-corrected chi connectivity index (χ0v) is 15.5. The van der Waals surface area contributed by atoms with Crippen LogP contribution in [0.4, 0.5) is 0 Å². The highest BCUT2D eigenvalue weighted by atomic mass is 35.5. The number of fused-ring (bicyclic) bond motifs is 1. The lowest BCUT2D eigenvalue weighted by atomic mass is 9.90. The molecule has 5 heteroatoms. The molecule has 2 aromatic rings. The number of aromatic nitrogens is 1. The minimum atomic E-state index is 0.0558. The lowest BCUT2D eigenvalue weighted by molar-refractivity contribution is -0.134. The maximum absolute atomic E-state index is 12.3. The molecule has 0 bridgehead atoms. The highest BCUT2D eigenvalue weighted by Gasteiger charge is 2.27. The molecular formula is C18H23ClN2OS. The highest BCUT2D eigenvalue weighted by molar-refractivity contribution is 7.18. The Morgan fingerprint density at radius 2 is 2.04 bits per heavy atom. The van der Waals surface area contributed by atoms with E-state index in [-0.39, 0.29) is 11.3 Å². The van der Waals surface area contributed by atoms with Crippen LogP contribution in [-0.4, -0.2) is 28.9 Å². The lowest BCUT2D eigenvalue weighted by Gasteiger charge is -2.33. The standard InChI is InChI=1S/C18H23ClN2OS/c1-18(2,3)11-16(22)21-8-6-12(7-9-21)17-20-14-10-13(19)4-5-15(14)23-17/h4-5,10,12H,6-9,11H2,1-3H3. The molecule has 2 heterocycles. The van der Waals surface area contributed by atoms with E-state index in [1.165, 1.54) is 9.71 Å². The molecule has 0 atom stereocenters. The first kappa shape index (κ1) is 16.7. The van der Waals surface area contributed by atoms with Crippen LogP contribution in [0.3, 0.4) is 0 Å². The molecular weight excluding hydrogens is 328 g/mol. The van der Waals surface area contributed by atoms with E-state index in [1.807, 2.05) is 23.1 Å². The number of halogens is 1. The minimum absolute atomic E-state index is 0.0558. The number of amides is 1. The van der Waals surface area contributed by atoms with Gasteiger partial charge < -0.3 is 4.90 Å². The van der Waals surface area contributed by atoms with Crippen LogP contribution < -0.4 is 0 Å². The van der Waals surface area contributed by atoms with Crippen molar-refractivity contribution in [1.82, 2.24) is 9.88 Å².